The van der Waals surface area contributed by atoms with Gasteiger partial charge in [0.25, 0.3) is 0 Å². The van der Waals surface area contributed by atoms with E-state index in [2.05, 4.69) is 98.5 Å². The van der Waals surface area contributed by atoms with Gasteiger partial charge in [0.2, 0.25) is 0 Å². The summed E-state index contributed by atoms with van der Waals surface area (Å²) in [6.45, 7) is 6.40. The Bertz CT molecular complexity index is 709. The van der Waals surface area contributed by atoms with Gasteiger partial charge in [0.05, 0.1) is 0 Å². The summed E-state index contributed by atoms with van der Waals surface area (Å²) in [7, 11) is 0. The van der Waals surface area contributed by atoms with Crippen LogP contribution in [0, 0.1) is 20.8 Å². The van der Waals surface area contributed by atoms with Crippen molar-refractivity contribution in [1.29, 1.82) is 0 Å². The van der Waals surface area contributed by atoms with Crippen LogP contribution >= 0.6 is 0 Å². The molecule has 0 atom stereocenters. The van der Waals surface area contributed by atoms with Crippen molar-refractivity contribution >= 4 is 17.1 Å². The van der Waals surface area contributed by atoms with Crippen LogP contribution in [0.4, 0.5) is 17.1 Å². The summed E-state index contributed by atoms with van der Waals surface area (Å²) in [5, 5.41) is 0. The standard InChI is InChI=1S/C21H21N/c1-16-8-12-19(13-9-16)22(20-14-10-17(2)11-15-20)21-7-5-4-6-18(21)3/h4-15H,1-3H3. The summed E-state index contributed by atoms with van der Waals surface area (Å²) < 4.78 is 0. The van der Waals surface area contributed by atoms with E-state index in [9.17, 15) is 0 Å². The second-order valence-electron chi connectivity index (χ2n) is 5.79. The van der Waals surface area contributed by atoms with Gasteiger partial charge in [0, 0.05) is 17.1 Å². The normalized spacial score (nSPS) is 10.5. The van der Waals surface area contributed by atoms with Crippen molar-refractivity contribution in [2.45, 2.75) is 20.8 Å². The van der Waals surface area contributed by atoms with Gasteiger partial charge in [-0.2, -0.15) is 0 Å². The third-order valence-electron chi connectivity index (χ3n) is 3.94. The first-order valence-corrected chi connectivity index (χ1v) is 7.64. The van der Waals surface area contributed by atoms with Crippen molar-refractivity contribution in [2.75, 3.05) is 4.90 Å². The molecule has 0 aliphatic heterocycles. The number of para-hydroxylation sites is 1. The molecule has 0 bridgehead atoms. The molecule has 0 spiro atoms. The smallest absolute Gasteiger partial charge is 0.0490 e. The van der Waals surface area contributed by atoms with Gasteiger partial charge in [-0.1, -0.05) is 53.6 Å². The Balaban J connectivity index is 2.16. The average Bonchev–Trinajstić information content (AvgIpc) is 2.53. The number of hydrogen-bond donors (Lipinski definition) is 0. The first-order valence-electron chi connectivity index (χ1n) is 7.64. The Morgan fingerprint density at radius 1 is 0.545 bits per heavy atom. The zero-order valence-electron chi connectivity index (χ0n) is 13.4. The maximum absolute atomic E-state index is 2.31. The minimum Gasteiger partial charge on any atom is -0.310 e. The molecule has 3 aromatic carbocycles. The molecular weight excluding hydrogens is 266 g/mol. The Labute approximate surface area is 132 Å². The molecule has 0 aliphatic rings. The van der Waals surface area contributed by atoms with E-state index in [1.807, 2.05) is 0 Å². The van der Waals surface area contributed by atoms with Crippen molar-refractivity contribution in [3.63, 3.8) is 0 Å². The molecule has 3 rings (SSSR count). The van der Waals surface area contributed by atoms with Crippen LogP contribution in [0.1, 0.15) is 16.7 Å². The van der Waals surface area contributed by atoms with Crippen molar-refractivity contribution < 1.29 is 0 Å². The molecule has 22 heavy (non-hydrogen) atoms. The van der Waals surface area contributed by atoms with Crippen LogP contribution in [0.2, 0.25) is 0 Å². The highest BCUT2D eigenvalue weighted by atomic mass is 15.1. The van der Waals surface area contributed by atoms with Gasteiger partial charge in [-0.3, -0.25) is 0 Å². The van der Waals surface area contributed by atoms with Gasteiger partial charge >= 0.3 is 0 Å². The molecule has 1 nitrogen and oxygen atoms in total. The summed E-state index contributed by atoms with van der Waals surface area (Å²) >= 11 is 0. The molecule has 0 saturated heterocycles. The number of rotatable bonds is 3. The van der Waals surface area contributed by atoms with Crippen molar-refractivity contribution in [1.82, 2.24) is 0 Å². The molecule has 0 heterocycles. The monoisotopic (exact) mass is 287 g/mol. The minimum absolute atomic E-state index is 1.18. The van der Waals surface area contributed by atoms with Crippen LogP contribution in [0.3, 0.4) is 0 Å². The molecule has 1 heteroatoms. The quantitative estimate of drug-likeness (QED) is 0.564. The maximum Gasteiger partial charge on any atom is 0.0490 e. The van der Waals surface area contributed by atoms with Gasteiger partial charge in [0.1, 0.15) is 0 Å². The van der Waals surface area contributed by atoms with Crippen LogP contribution in [0.5, 0.6) is 0 Å². The van der Waals surface area contributed by atoms with E-state index in [1.165, 1.54) is 33.8 Å². The van der Waals surface area contributed by atoms with E-state index in [4.69, 9.17) is 0 Å². The van der Waals surface area contributed by atoms with E-state index in [-0.39, 0.29) is 0 Å². The summed E-state index contributed by atoms with van der Waals surface area (Å²) in [5.41, 5.74) is 7.40. The molecule has 3 aromatic rings. The highest BCUT2D eigenvalue weighted by molar-refractivity contribution is 5.78. The molecule has 0 fully saturated rings. The number of hydrogen-bond acceptors (Lipinski definition) is 1. The van der Waals surface area contributed by atoms with E-state index in [1.54, 1.807) is 0 Å². The van der Waals surface area contributed by atoms with Crippen LogP contribution in [-0.4, -0.2) is 0 Å². The Morgan fingerprint density at radius 3 is 1.45 bits per heavy atom. The minimum atomic E-state index is 1.18. The lowest BCUT2D eigenvalue weighted by Gasteiger charge is -2.27. The molecule has 0 amide bonds. The fraction of sp³-hybridized carbons (Fsp3) is 0.143. The van der Waals surface area contributed by atoms with Gasteiger partial charge in [-0.05, 0) is 56.7 Å². The fourth-order valence-corrected chi connectivity index (χ4v) is 2.63. The summed E-state index contributed by atoms with van der Waals surface area (Å²) in [6.07, 6.45) is 0. The molecule has 0 aromatic heterocycles. The van der Waals surface area contributed by atoms with Crippen LogP contribution in [0.25, 0.3) is 0 Å². The first-order chi connectivity index (χ1) is 10.6. The third-order valence-corrected chi connectivity index (χ3v) is 3.94. The second kappa shape index (κ2) is 6.07. The lowest BCUT2D eigenvalue weighted by Crippen LogP contribution is -2.11. The zero-order valence-corrected chi connectivity index (χ0v) is 13.4. The maximum atomic E-state index is 2.31. The van der Waals surface area contributed by atoms with E-state index < -0.39 is 0 Å². The highest BCUT2D eigenvalue weighted by Crippen LogP contribution is 2.36. The number of aryl methyl sites for hydroxylation is 3. The molecule has 0 aliphatic carbocycles. The molecule has 110 valence electrons. The zero-order chi connectivity index (χ0) is 15.5. The topological polar surface area (TPSA) is 3.24 Å². The van der Waals surface area contributed by atoms with Crippen LogP contribution < -0.4 is 4.90 Å². The van der Waals surface area contributed by atoms with E-state index in [0.717, 1.165) is 0 Å². The lowest BCUT2D eigenvalue weighted by molar-refractivity contribution is 1.24. The van der Waals surface area contributed by atoms with E-state index >= 15 is 0 Å². The van der Waals surface area contributed by atoms with Crippen molar-refractivity contribution in [2.24, 2.45) is 0 Å². The number of benzene rings is 3. The van der Waals surface area contributed by atoms with E-state index in [0.29, 0.717) is 0 Å². The van der Waals surface area contributed by atoms with Gasteiger partial charge in [0.15, 0.2) is 0 Å². The lowest BCUT2D eigenvalue weighted by atomic mass is 10.1. The Kier molecular flexibility index (Phi) is 3.97. The predicted octanol–water partition coefficient (Wildman–Crippen LogP) is 6.08. The fourth-order valence-electron chi connectivity index (χ4n) is 2.63. The first kappa shape index (κ1) is 14.4. The summed E-state index contributed by atoms with van der Waals surface area (Å²) in [6, 6.07) is 25.9. The Morgan fingerprint density at radius 2 is 1.00 bits per heavy atom. The van der Waals surface area contributed by atoms with Crippen LogP contribution in [-0.2, 0) is 0 Å². The summed E-state index contributed by atoms with van der Waals surface area (Å²) in [5.74, 6) is 0. The largest absolute Gasteiger partial charge is 0.310 e. The van der Waals surface area contributed by atoms with Crippen LogP contribution in [0.15, 0.2) is 72.8 Å². The molecule has 0 radical (unpaired) electrons. The van der Waals surface area contributed by atoms with Gasteiger partial charge < -0.3 is 4.90 Å². The van der Waals surface area contributed by atoms with Crippen molar-refractivity contribution in [3.8, 4) is 0 Å². The second-order valence-corrected chi connectivity index (χ2v) is 5.79. The van der Waals surface area contributed by atoms with Gasteiger partial charge in [-0.15, -0.1) is 0 Å². The average molecular weight is 287 g/mol. The van der Waals surface area contributed by atoms with Crippen molar-refractivity contribution in [3.05, 3.63) is 89.5 Å². The van der Waals surface area contributed by atoms with Gasteiger partial charge in [-0.25, -0.2) is 0 Å². The molecule has 0 unspecified atom stereocenters. The number of nitrogens with zero attached hydrogens (tertiary/aromatic N) is 1. The number of anilines is 3. The highest BCUT2D eigenvalue weighted by Gasteiger charge is 2.13. The molecular formula is C21H21N. The molecule has 0 saturated carbocycles. The predicted molar refractivity (Wildman–Crippen MR) is 95.3 cm³/mol. The summed E-state index contributed by atoms with van der Waals surface area (Å²) in [4.78, 5) is 2.31. The SMILES string of the molecule is Cc1ccc(N(c2ccc(C)cc2)c2ccccc2C)cc1. The third kappa shape index (κ3) is 2.89. The Hall–Kier alpha value is -2.54. The molecule has 0 N–H and O–H groups in total.